The number of phenols is 2. The molecular formula is C20H21O2PSi. The van der Waals surface area contributed by atoms with Crippen LogP contribution < -0.4 is 15.8 Å². The fraction of sp³-hybridized carbons (Fsp3) is 0.100. The Labute approximate surface area is 145 Å². The molecule has 3 aromatic carbocycles. The van der Waals surface area contributed by atoms with Gasteiger partial charge >= 0.3 is 0 Å². The molecule has 0 aliphatic carbocycles. The van der Waals surface area contributed by atoms with Crippen molar-refractivity contribution in [1.29, 1.82) is 0 Å². The van der Waals surface area contributed by atoms with Gasteiger partial charge in [0.1, 0.15) is 19.2 Å². The number of phenolic OH excluding ortho intramolecular Hbond substituents is 2. The summed E-state index contributed by atoms with van der Waals surface area (Å²) >= 11 is 0. The molecule has 0 amide bonds. The van der Waals surface area contributed by atoms with Gasteiger partial charge in [0.15, 0.2) is 0 Å². The summed E-state index contributed by atoms with van der Waals surface area (Å²) in [4.78, 5) is 0. The largest absolute Gasteiger partial charge is 0.507 e. The minimum absolute atomic E-state index is 0.309. The van der Waals surface area contributed by atoms with E-state index in [1.165, 1.54) is 5.19 Å². The van der Waals surface area contributed by atoms with Gasteiger partial charge in [-0.15, -0.1) is 0 Å². The van der Waals surface area contributed by atoms with Crippen molar-refractivity contribution >= 4 is 31.0 Å². The summed E-state index contributed by atoms with van der Waals surface area (Å²) in [5.41, 5.74) is 0. The predicted octanol–water partition coefficient (Wildman–Crippen LogP) is 3.64. The van der Waals surface area contributed by atoms with Crippen molar-refractivity contribution in [1.82, 2.24) is 0 Å². The molecular weight excluding hydrogens is 331 g/mol. The van der Waals surface area contributed by atoms with E-state index in [1.54, 1.807) is 12.1 Å². The summed E-state index contributed by atoms with van der Waals surface area (Å²) in [6.45, 7) is 4.62. The summed E-state index contributed by atoms with van der Waals surface area (Å²) in [7, 11) is -2.88. The molecule has 0 saturated heterocycles. The lowest BCUT2D eigenvalue weighted by Gasteiger charge is -2.35. The quantitative estimate of drug-likeness (QED) is 0.556. The van der Waals surface area contributed by atoms with Crippen LogP contribution in [0.2, 0.25) is 13.1 Å². The molecule has 24 heavy (non-hydrogen) atoms. The molecule has 0 aliphatic rings. The lowest BCUT2D eigenvalue weighted by atomic mass is 10.3. The SMILES string of the molecule is C[Si](C)(c1ccccc1)P(c1ccccc1O)c1ccccc1O. The highest BCUT2D eigenvalue weighted by molar-refractivity contribution is 8.06. The molecule has 0 bridgehead atoms. The Hall–Kier alpha value is -2.09. The van der Waals surface area contributed by atoms with Crippen LogP contribution in [0.1, 0.15) is 0 Å². The van der Waals surface area contributed by atoms with E-state index in [0.29, 0.717) is 11.5 Å². The van der Waals surface area contributed by atoms with Crippen LogP contribution in [0, 0.1) is 0 Å². The second-order valence-corrected chi connectivity index (χ2v) is 16.3. The first-order valence-electron chi connectivity index (χ1n) is 7.93. The molecule has 4 heteroatoms. The van der Waals surface area contributed by atoms with Crippen molar-refractivity contribution in [3.8, 4) is 11.5 Å². The molecule has 0 spiro atoms. The maximum atomic E-state index is 10.5. The lowest BCUT2D eigenvalue weighted by Crippen LogP contribution is -2.45. The van der Waals surface area contributed by atoms with E-state index in [9.17, 15) is 10.2 Å². The Balaban J connectivity index is 2.24. The molecule has 3 rings (SSSR count). The Morgan fingerprint density at radius 2 is 1.04 bits per heavy atom. The minimum Gasteiger partial charge on any atom is -0.507 e. The van der Waals surface area contributed by atoms with Crippen molar-refractivity contribution in [2.24, 2.45) is 0 Å². The molecule has 0 heterocycles. The van der Waals surface area contributed by atoms with E-state index >= 15 is 0 Å². The zero-order valence-corrected chi connectivity index (χ0v) is 15.7. The molecule has 0 fully saturated rings. The van der Waals surface area contributed by atoms with Crippen LogP contribution in [0.15, 0.2) is 78.9 Å². The number of para-hydroxylation sites is 2. The summed E-state index contributed by atoms with van der Waals surface area (Å²) in [5, 5.41) is 24.2. The summed E-state index contributed by atoms with van der Waals surface area (Å²) in [6.07, 6.45) is 0. The van der Waals surface area contributed by atoms with Crippen LogP contribution >= 0.6 is 7.47 Å². The smallest absolute Gasteiger partial charge is 0.123 e. The van der Waals surface area contributed by atoms with Gasteiger partial charge in [-0.3, -0.25) is 0 Å². The topological polar surface area (TPSA) is 40.5 Å². The zero-order valence-electron chi connectivity index (χ0n) is 13.8. The normalized spacial score (nSPS) is 11.6. The van der Waals surface area contributed by atoms with Gasteiger partial charge in [-0.25, -0.2) is 0 Å². The van der Waals surface area contributed by atoms with Crippen molar-refractivity contribution < 1.29 is 10.2 Å². The van der Waals surface area contributed by atoms with E-state index in [1.807, 2.05) is 42.5 Å². The van der Waals surface area contributed by atoms with Crippen LogP contribution in [0.25, 0.3) is 0 Å². The summed E-state index contributed by atoms with van der Waals surface area (Å²) in [6, 6.07) is 25.5. The second-order valence-electron chi connectivity index (χ2n) is 6.24. The van der Waals surface area contributed by atoms with E-state index in [2.05, 4.69) is 37.4 Å². The number of hydrogen-bond donors (Lipinski definition) is 2. The van der Waals surface area contributed by atoms with Gasteiger partial charge in [-0.2, -0.15) is 0 Å². The van der Waals surface area contributed by atoms with Crippen LogP contribution in [-0.4, -0.2) is 18.0 Å². The zero-order chi connectivity index (χ0) is 17.2. The lowest BCUT2D eigenvalue weighted by molar-refractivity contribution is 0.479. The third-order valence-corrected chi connectivity index (χ3v) is 14.4. The predicted molar refractivity (Wildman–Crippen MR) is 106 cm³/mol. The highest BCUT2D eigenvalue weighted by Gasteiger charge is 2.38. The fourth-order valence-electron chi connectivity index (χ4n) is 3.01. The maximum Gasteiger partial charge on any atom is 0.123 e. The van der Waals surface area contributed by atoms with Crippen molar-refractivity contribution in [2.45, 2.75) is 13.1 Å². The van der Waals surface area contributed by atoms with Gasteiger partial charge in [0, 0.05) is 10.6 Å². The average Bonchev–Trinajstić information content (AvgIpc) is 2.59. The first-order valence-corrected chi connectivity index (χ1v) is 13.1. The standard InChI is InChI=1S/C20H21O2PSi/c1-24(2,16-10-4-3-5-11-16)23(19-14-8-6-12-17(19)21)20-15-9-7-13-18(20)22/h3-15,21-22H,1-2H3. The monoisotopic (exact) mass is 352 g/mol. The highest BCUT2D eigenvalue weighted by Crippen LogP contribution is 2.48. The van der Waals surface area contributed by atoms with Crippen molar-refractivity contribution in [2.75, 3.05) is 0 Å². The Morgan fingerprint density at radius 1 is 0.625 bits per heavy atom. The Kier molecular flexibility index (Phi) is 4.75. The molecule has 2 N–H and O–H groups in total. The van der Waals surface area contributed by atoms with Crippen LogP contribution in [0.5, 0.6) is 11.5 Å². The van der Waals surface area contributed by atoms with Crippen LogP contribution in [0.3, 0.4) is 0 Å². The van der Waals surface area contributed by atoms with Crippen LogP contribution in [-0.2, 0) is 0 Å². The van der Waals surface area contributed by atoms with E-state index in [4.69, 9.17) is 0 Å². The molecule has 0 unspecified atom stereocenters. The second kappa shape index (κ2) is 6.80. The van der Waals surface area contributed by atoms with Crippen molar-refractivity contribution in [3.63, 3.8) is 0 Å². The van der Waals surface area contributed by atoms with Gasteiger partial charge in [0.05, 0.1) is 0 Å². The first kappa shape index (κ1) is 16.8. The molecule has 0 radical (unpaired) electrons. The molecule has 2 nitrogen and oxygen atoms in total. The number of benzene rings is 3. The number of aromatic hydroxyl groups is 2. The summed E-state index contributed by atoms with van der Waals surface area (Å²) in [5.74, 6) is 0.617. The molecule has 0 aromatic heterocycles. The molecule has 3 aromatic rings. The van der Waals surface area contributed by atoms with Gasteiger partial charge < -0.3 is 10.2 Å². The molecule has 0 saturated carbocycles. The van der Waals surface area contributed by atoms with Crippen molar-refractivity contribution in [3.05, 3.63) is 78.9 Å². The third-order valence-electron chi connectivity index (χ3n) is 4.28. The van der Waals surface area contributed by atoms with E-state index < -0.39 is 15.2 Å². The number of rotatable bonds is 4. The minimum atomic E-state index is -2.01. The van der Waals surface area contributed by atoms with Gasteiger partial charge in [-0.1, -0.05) is 85.0 Å². The van der Waals surface area contributed by atoms with Crippen LogP contribution in [0.4, 0.5) is 0 Å². The van der Waals surface area contributed by atoms with Gasteiger partial charge in [-0.05, 0) is 19.6 Å². The first-order chi connectivity index (χ1) is 11.5. The molecule has 122 valence electrons. The molecule has 0 atom stereocenters. The van der Waals surface area contributed by atoms with Gasteiger partial charge in [0.2, 0.25) is 0 Å². The summed E-state index contributed by atoms with van der Waals surface area (Å²) < 4.78 is 0. The van der Waals surface area contributed by atoms with E-state index in [-0.39, 0.29) is 0 Å². The molecule has 0 aliphatic heterocycles. The fourth-order valence-corrected chi connectivity index (χ4v) is 12.8. The Bertz CT molecular complexity index is 788. The maximum absolute atomic E-state index is 10.5. The third kappa shape index (κ3) is 3.10. The van der Waals surface area contributed by atoms with E-state index in [0.717, 1.165) is 10.6 Å². The average molecular weight is 352 g/mol. The number of hydrogen-bond acceptors (Lipinski definition) is 2. The van der Waals surface area contributed by atoms with Gasteiger partial charge in [0.25, 0.3) is 0 Å². The Morgan fingerprint density at radius 3 is 1.50 bits per heavy atom. The highest BCUT2D eigenvalue weighted by atomic mass is 31.4.